The molecule has 2 aromatic rings. The van der Waals surface area contributed by atoms with Crippen LogP contribution in [0.1, 0.15) is 12.0 Å². The quantitative estimate of drug-likeness (QED) is 0.784. The molecule has 0 fully saturated rings. The molecule has 1 heterocycles. The summed E-state index contributed by atoms with van der Waals surface area (Å²) in [6.45, 7) is 0. The second kappa shape index (κ2) is 4.53. The highest BCUT2D eigenvalue weighted by molar-refractivity contribution is 7.80. The minimum atomic E-state index is 0.893. The van der Waals surface area contributed by atoms with E-state index in [9.17, 15) is 0 Å². The first kappa shape index (κ1) is 10.3. The van der Waals surface area contributed by atoms with E-state index in [1.165, 1.54) is 16.5 Å². The Morgan fingerprint density at radius 2 is 2.33 bits per heavy atom. The molecule has 0 aliphatic carbocycles. The number of aromatic nitrogens is 2. The maximum atomic E-state index is 4.21. The van der Waals surface area contributed by atoms with Crippen molar-refractivity contribution in [2.75, 3.05) is 5.75 Å². The van der Waals surface area contributed by atoms with Gasteiger partial charge in [0.05, 0.1) is 11.7 Å². The Morgan fingerprint density at radius 3 is 3.13 bits per heavy atom. The van der Waals surface area contributed by atoms with E-state index in [2.05, 4.69) is 48.1 Å². The van der Waals surface area contributed by atoms with Gasteiger partial charge in [0, 0.05) is 12.4 Å². The molecule has 78 valence electrons. The fourth-order valence-corrected chi connectivity index (χ4v) is 1.71. The molecule has 1 aromatic carbocycles. The predicted molar refractivity (Wildman–Crippen MR) is 68.2 cm³/mol. The van der Waals surface area contributed by atoms with E-state index in [0.717, 1.165) is 12.2 Å². The van der Waals surface area contributed by atoms with Crippen LogP contribution in [-0.4, -0.2) is 15.5 Å². The Kier molecular flexibility index (Phi) is 3.11. The van der Waals surface area contributed by atoms with E-state index in [4.69, 9.17) is 0 Å². The van der Waals surface area contributed by atoms with Crippen LogP contribution in [0, 0.1) is 0 Å². The summed E-state index contributed by atoms with van der Waals surface area (Å²) >= 11 is 4.17. The minimum absolute atomic E-state index is 0.893. The van der Waals surface area contributed by atoms with E-state index in [-0.39, 0.29) is 0 Å². The molecular weight excluding hydrogens is 204 g/mol. The molecule has 2 nitrogen and oxygen atoms in total. The molecular formula is C12H14N2S. The molecule has 1 aromatic heterocycles. The molecule has 15 heavy (non-hydrogen) atoms. The monoisotopic (exact) mass is 218 g/mol. The number of hydrogen-bond acceptors (Lipinski definition) is 2. The maximum absolute atomic E-state index is 4.21. The van der Waals surface area contributed by atoms with Crippen molar-refractivity contribution in [1.29, 1.82) is 0 Å². The molecule has 2 rings (SSSR count). The fraction of sp³-hybridized carbons (Fsp3) is 0.250. The fourth-order valence-electron chi connectivity index (χ4n) is 1.56. The topological polar surface area (TPSA) is 17.8 Å². The first-order valence-corrected chi connectivity index (χ1v) is 5.63. The predicted octanol–water partition coefficient (Wildman–Crippen LogP) is 2.91. The Labute approximate surface area is 95.0 Å². The van der Waals surface area contributed by atoms with Gasteiger partial charge in [-0.25, -0.2) is 0 Å². The van der Waals surface area contributed by atoms with Crippen molar-refractivity contribution >= 4 is 29.6 Å². The third-order valence-corrected chi connectivity index (χ3v) is 2.64. The van der Waals surface area contributed by atoms with Gasteiger partial charge in [0.1, 0.15) is 0 Å². The first-order chi connectivity index (χ1) is 7.31. The molecule has 0 unspecified atom stereocenters. The zero-order valence-corrected chi connectivity index (χ0v) is 9.61. The van der Waals surface area contributed by atoms with Crippen molar-refractivity contribution in [3.63, 3.8) is 0 Å². The highest BCUT2D eigenvalue weighted by atomic mass is 32.1. The van der Waals surface area contributed by atoms with E-state index in [0.29, 0.717) is 0 Å². The maximum Gasteiger partial charge on any atom is 0.0685 e. The molecule has 0 spiro atoms. The number of nitrogens with zero attached hydrogens (tertiary/aromatic N) is 2. The van der Waals surface area contributed by atoms with Crippen molar-refractivity contribution in [2.45, 2.75) is 6.42 Å². The summed E-state index contributed by atoms with van der Waals surface area (Å²) in [6, 6.07) is 6.36. The van der Waals surface area contributed by atoms with Gasteiger partial charge in [-0.05, 0) is 23.8 Å². The van der Waals surface area contributed by atoms with Crippen molar-refractivity contribution in [3.8, 4) is 0 Å². The minimum Gasteiger partial charge on any atom is -0.268 e. The van der Waals surface area contributed by atoms with E-state index in [1.54, 1.807) is 0 Å². The first-order valence-electron chi connectivity index (χ1n) is 5.00. The van der Waals surface area contributed by atoms with Crippen LogP contribution in [0.15, 0.2) is 30.5 Å². The van der Waals surface area contributed by atoms with E-state index >= 15 is 0 Å². The standard InChI is InChI=1S/C12H14N2S/c1-14-12-8-10(4-2-3-7-15)5-6-11(12)9-13-14/h2,4-6,8-9,15H,3,7H2,1H3. The van der Waals surface area contributed by atoms with Crippen molar-refractivity contribution in [1.82, 2.24) is 9.78 Å². The van der Waals surface area contributed by atoms with Crippen LogP contribution in [0.4, 0.5) is 0 Å². The van der Waals surface area contributed by atoms with Gasteiger partial charge in [0.25, 0.3) is 0 Å². The lowest BCUT2D eigenvalue weighted by molar-refractivity contribution is 0.797. The third-order valence-electron chi connectivity index (χ3n) is 2.38. The summed E-state index contributed by atoms with van der Waals surface area (Å²) in [7, 11) is 1.96. The highest BCUT2D eigenvalue weighted by Gasteiger charge is 1.98. The van der Waals surface area contributed by atoms with Crippen LogP contribution in [0.3, 0.4) is 0 Å². The summed E-state index contributed by atoms with van der Waals surface area (Å²) < 4.78 is 1.89. The summed E-state index contributed by atoms with van der Waals surface area (Å²) in [4.78, 5) is 0. The third kappa shape index (κ3) is 2.23. The molecule has 0 aliphatic rings. The lowest BCUT2D eigenvalue weighted by Gasteiger charge is -1.96. The molecule has 0 saturated heterocycles. The molecule has 0 saturated carbocycles. The van der Waals surface area contributed by atoms with Crippen LogP contribution in [0.5, 0.6) is 0 Å². The molecule has 0 N–H and O–H groups in total. The molecule has 0 bridgehead atoms. The number of hydrogen-bond donors (Lipinski definition) is 1. The molecule has 3 heteroatoms. The van der Waals surface area contributed by atoms with Gasteiger partial charge in [-0.1, -0.05) is 24.3 Å². The van der Waals surface area contributed by atoms with Crippen molar-refractivity contribution in [3.05, 3.63) is 36.0 Å². The zero-order chi connectivity index (χ0) is 10.7. The van der Waals surface area contributed by atoms with E-state index in [1.807, 2.05) is 17.9 Å². The number of allylic oxidation sites excluding steroid dienone is 1. The molecule has 0 amide bonds. The zero-order valence-electron chi connectivity index (χ0n) is 8.72. The van der Waals surface area contributed by atoms with Gasteiger partial charge in [0.2, 0.25) is 0 Å². The largest absolute Gasteiger partial charge is 0.268 e. The Bertz CT molecular complexity index is 485. The number of fused-ring (bicyclic) bond motifs is 1. The summed E-state index contributed by atoms with van der Waals surface area (Å²) in [6.07, 6.45) is 7.16. The van der Waals surface area contributed by atoms with Gasteiger partial charge < -0.3 is 0 Å². The van der Waals surface area contributed by atoms with Crippen LogP contribution >= 0.6 is 12.6 Å². The number of rotatable bonds is 3. The van der Waals surface area contributed by atoms with Gasteiger partial charge >= 0.3 is 0 Å². The van der Waals surface area contributed by atoms with E-state index < -0.39 is 0 Å². The van der Waals surface area contributed by atoms with Crippen LogP contribution < -0.4 is 0 Å². The number of aryl methyl sites for hydroxylation is 1. The summed E-state index contributed by atoms with van der Waals surface area (Å²) in [5.41, 5.74) is 2.39. The van der Waals surface area contributed by atoms with Crippen LogP contribution in [0.2, 0.25) is 0 Å². The molecule has 0 radical (unpaired) electrons. The summed E-state index contributed by atoms with van der Waals surface area (Å²) in [5.74, 6) is 0.893. The average molecular weight is 218 g/mol. The SMILES string of the molecule is Cn1ncc2ccc(C=CCCS)cc21. The Balaban J connectivity index is 2.33. The second-order valence-corrected chi connectivity index (χ2v) is 3.95. The highest BCUT2D eigenvalue weighted by Crippen LogP contribution is 2.15. The van der Waals surface area contributed by atoms with Gasteiger partial charge in [0.15, 0.2) is 0 Å². The molecule has 0 aliphatic heterocycles. The van der Waals surface area contributed by atoms with Crippen LogP contribution in [-0.2, 0) is 7.05 Å². The second-order valence-electron chi connectivity index (χ2n) is 3.50. The van der Waals surface area contributed by atoms with Gasteiger partial charge in [-0.2, -0.15) is 17.7 Å². The van der Waals surface area contributed by atoms with Gasteiger partial charge in [-0.15, -0.1) is 0 Å². The smallest absolute Gasteiger partial charge is 0.0685 e. The normalized spacial score (nSPS) is 11.6. The van der Waals surface area contributed by atoms with Crippen LogP contribution in [0.25, 0.3) is 17.0 Å². The molecule has 0 atom stereocenters. The lowest BCUT2D eigenvalue weighted by Crippen LogP contribution is -1.88. The Hall–Kier alpha value is -1.22. The summed E-state index contributed by atoms with van der Waals surface area (Å²) in [5, 5.41) is 5.40. The lowest BCUT2D eigenvalue weighted by atomic mass is 10.1. The van der Waals surface area contributed by atoms with Gasteiger partial charge in [-0.3, -0.25) is 4.68 Å². The number of benzene rings is 1. The number of thiol groups is 1. The van der Waals surface area contributed by atoms with Crippen molar-refractivity contribution in [2.24, 2.45) is 7.05 Å². The average Bonchev–Trinajstić information content (AvgIpc) is 2.61. The van der Waals surface area contributed by atoms with Crippen molar-refractivity contribution < 1.29 is 0 Å². The Morgan fingerprint density at radius 1 is 1.47 bits per heavy atom.